The SMILES string of the molecule is [Ca+2].[O]=[Al][O-].[O]=[Al][O-].[O]=[Al][O-].[O]=[Al][O-].[Zn+2]. The molecular weight excluding hydrogens is 341 g/mol. The van der Waals surface area contributed by atoms with Gasteiger partial charge in [-0.25, -0.2) is 0 Å². The first-order valence-electron chi connectivity index (χ1n) is 1.89. The molecule has 0 radical (unpaired) electrons. The first kappa shape index (κ1) is 36.0. The molecule has 0 aliphatic heterocycles. The van der Waals surface area contributed by atoms with Crippen LogP contribution in [0.2, 0.25) is 0 Å². The van der Waals surface area contributed by atoms with E-state index in [-0.39, 0.29) is 57.2 Å². The molecule has 0 fully saturated rings. The molecule has 0 aliphatic carbocycles. The molecule has 0 bridgehead atoms. The Kier molecular flexibility index (Phi) is 200. The molecule has 14 heavy (non-hydrogen) atoms. The molecule has 0 saturated heterocycles. The second kappa shape index (κ2) is 77.9. The monoisotopic (exact) mass is 340 g/mol. The van der Waals surface area contributed by atoms with Crippen molar-refractivity contribution >= 4 is 99.7 Å². The Hall–Kier alpha value is 2.41. The maximum absolute atomic E-state index is 8.46. The van der Waals surface area contributed by atoms with Crippen LogP contribution in [0.1, 0.15) is 0 Å². The van der Waals surface area contributed by atoms with Crippen molar-refractivity contribution in [3.63, 3.8) is 0 Å². The minimum absolute atomic E-state index is 0. The zero-order valence-electron chi connectivity index (χ0n) is 6.99. The Bertz CT molecular complexity index is 75.3. The third-order valence-electron chi connectivity index (χ3n) is 0. The first-order chi connectivity index (χ1) is 5.66. The summed E-state index contributed by atoms with van der Waals surface area (Å²) in [6.07, 6.45) is 0. The van der Waals surface area contributed by atoms with E-state index in [1.165, 1.54) is 0 Å². The molecule has 0 amide bonds. The van der Waals surface area contributed by atoms with E-state index in [1.54, 1.807) is 0 Å². The summed E-state index contributed by atoms with van der Waals surface area (Å²) >= 11 is -7.00. The number of hydrogen-bond donors (Lipinski definition) is 0. The Morgan fingerprint density at radius 1 is 0.571 bits per heavy atom. The number of rotatable bonds is 0. The number of hydrogen-bond acceptors (Lipinski definition) is 8. The van der Waals surface area contributed by atoms with Gasteiger partial charge in [-0.3, -0.25) is 0 Å². The van der Waals surface area contributed by atoms with E-state index < -0.39 is 61.9 Å². The molecule has 14 heteroatoms. The Balaban J connectivity index is -0.0000000145. The molecule has 8 nitrogen and oxygen atoms in total. The summed E-state index contributed by atoms with van der Waals surface area (Å²) < 4.78 is 67.7. The van der Waals surface area contributed by atoms with E-state index in [4.69, 9.17) is 31.8 Å². The Labute approximate surface area is 148 Å². The van der Waals surface area contributed by atoms with Crippen molar-refractivity contribution in [1.82, 2.24) is 0 Å². The predicted octanol–water partition coefficient (Wildman–Crippen LogP) is -7.14. The predicted molar refractivity (Wildman–Crippen MR) is 31.5 cm³/mol. The van der Waals surface area contributed by atoms with Gasteiger partial charge in [0.15, 0.2) is 0 Å². The van der Waals surface area contributed by atoms with Crippen molar-refractivity contribution < 1.29 is 51.3 Å². The summed E-state index contributed by atoms with van der Waals surface area (Å²) in [7, 11) is 0. The van der Waals surface area contributed by atoms with Crippen LogP contribution in [0.25, 0.3) is 0 Å². The average Bonchev–Trinajstić information content (AvgIpc) is 1.92. The normalized spacial score (nSPS) is 2.29. The van der Waals surface area contributed by atoms with E-state index in [0.717, 1.165) is 0 Å². The van der Waals surface area contributed by atoms with Crippen LogP contribution in [0.15, 0.2) is 0 Å². The maximum atomic E-state index is 8.46. The fourth-order valence-corrected chi connectivity index (χ4v) is 0. The summed E-state index contributed by atoms with van der Waals surface area (Å²) in [5.74, 6) is 0. The van der Waals surface area contributed by atoms with Gasteiger partial charge in [-0.05, 0) is 0 Å². The molecule has 0 rings (SSSR count). The summed E-state index contributed by atoms with van der Waals surface area (Å²) in [6.45, 7) is 0. The molecule has 0 aliphatic rings. The summed E-state index contributed by atoms with van der Waals surface area (Å²) in [6, 6.07) is 0. The van der Waals surface area contributed by atoms with Gasteiger partial charge in [0.2, 0.25) is 0 Å². The fourth-order valence-electron chi connectivity index (χ4n) is 0. The Morgan fingerprint density at radius 2 is 0.571 bits per heavy atom. The summed E-state index contributed by atoms with van der Waals surface area (Å²) in [5.41, 5.74) is 0. The molecule has 0 N–H and O–H groups in total. The second-order valence-electron chi connectivity index (χ2n) is 0.385. The quantitative estimate of drug-likeness (QED) is 0.393. The van der Waals surface area contributed by atoms with Crippen LogP contribution < -0.4 is 16.6 Å². The van der Waals surface area contributed by atoms with Gasteiger partial charge in [0.1, 0.15) is 0 Å². The van der Waals surface area contributed by atoms with Gasteiger partial charge in [-0.15, -0.1) is 0 Å². The molecule has 0 heterocycles. The summed E-state index contributed by atoms with van der Waals surface area (Å²) in [5, 5.41) is 0. The first-order valence-corrected chi connectivity index (χ1v) is 5.66. The van der Waals surface area contributed by atoms with Gasteiger partial charge in [-0.2, -0.15) is 0 Å². The standard InChI is InChI=1S/4Al.Ca.8O.Zn/q;;;;+2;;;;;4*-1;+2. The fraction of sp³-hybridized carbons (Fsp3) is 0. The molecule has 0 aromatic heterocycles. The van der Waals surface area contributed by atoms with Crippen molar-refractivity contribution in [3.05, 3.63) is 0 Å². The Morgan fingerprint density at radius 3 is 0.571 bits per heavy atom. The minimum atomic E-state index is -1.75. The third kappa shape index (κ3) is 445. The van der Waals surface area contributed by atoms with Crippen molar-refractivity contribution in [2.75, 3.05) is 0 Å². The van der Waals surface area contributed by atoms with Crippen LogP contribution in [0.4, 0.5) is 0 Å². The second-order valence-corrected chi connectivity index (χ2v) is 1.15. The van der Waals surface area contributed by atoms with Crippen molar-refractivity contribution in [1.29, 1.82) is 0 Å². The topological polar surface area (TPSA) is 161 Å². The van der Waals surface area contributed by atoms with Crippen LogP contribution in [-0.2, 0) is 34.7 Å². The van der Waals surface area contributed by atoms with E-state index in [1.807, 2.05) is 0 Å². The smallest absolute Gasteiger partial charge is 2.00 e. The van der Waals surface area contributed by atoms with Gasteiger partial charge in [-0.1, -0.05) is 0 Å². The van der Waals surface area contributed by atoms with Crippen LogP contribution in [0.5, 0.6) is 0 Å². The van der Waals surface area contributed by atoms with E-state index in [2.05, 4.69) is 0 Å². The van der Waals surface area contributed by atoms with Crippen molar-refractivity contribution in [2.45, 2.75) is 0 Å². The van der Waals surface area contributed by atoms with Crippen LogP contribution in [-0.4, -0.2) is 99.7 Å². The average molecular weight is 341 g/mol. The van der Waals surface area contributed by atoms with E-state index in [0.29, 0.717) is 0 Å². The zero-order chi connectivity index (χ0) is 10.8. The largest absolute Gasteiger partial charge is 2.00 e. The molecule has 0 spiro atoms. The van der Waals surface area contributed by atoms with Gasteiger partial charge in [0.25, 0.3) is 0 Å². The molecule has 0 unspecified atom stereocenters. The molecule has 0 atom stereocenters. The zero-order valence-corrected chi connectivity index (χ0v) is 16.8. The van der Waals surface area contributed by atoms with Crippen LogP contribution in [0.3, 0.4) is 0 Å². The van der Waals surface area contributed by atoms with Crippen LogP contribution >= 0.6 is 0 Å². The minimum Gasteiger partial charge on any atom is 2.00 e. The van der Waals surface area contributed by atoms with Gasteiger partial charge in [0, 0.05) is 0 Å². The van der Waals surface area contributed by atoms with Crippen molar-refractivity contribution in [2.24, 2.45) is 0 Å². The molecule has 0 aromatic rings. The third-order valence-corrected chi connectivity index (χ3v) is 0. The molecule has 64 valence electrons. The van der Waals surface area contributed by atoms with Gasteiger partial charge in [0.05, 0.1) is 0 Å². The molecule has 0 saturated carbocycles. The van der Waals surface area contributed by atoms with Crippen molar-refractivity contribution in [3.8, 4) is 0 Å². The summed E-state index contributed by atoms with van der Waals surface area (Å²) in [4.78, 5) is 0. The van der Waals surface area contributed by atoms with E-state index >= 15 is 0 Å². The van der Waals surface area contributed by atoms with Gasteiger partial charge >= 0.3 is 151 Å². The van der Waals surface area contributed by atoms with Crippen LogP contribution in [0, 0.1) is 0 Å². The van der Waals surface area contributed by atoms with E-state index in [9.17, 15) is 0 Å². The van der Waals surface area contributed by atoms with Gasteiger partial charge < -0.3 is 0 Å². The molecule has 0 aromatic carbocycles. The molecular formula is Al4CaO8Zn. The maximum Gasteiger partial charge on any atom is 2.00 e.